The van der Waals surface area contributed by atoms with Crippen LogP contribution in [-0.4, -0.2) is 58.0 Å². The van der Waals surface area contributed by atoms with Gasteiger partial charge in [-0.25, -0.2) is 4.98 Å². The van der Waals surface area contributed by atoms with Crippen molar-refractivity contribution < 1.29 is 9.53 Å². The molecule has 0 aliphatic carbocycles. The summed E-state index contributed by atoms with van der Waals surface area (Å²) in [6, 6.07) is 22.6. The SMILES string of the molecule is CCOc1ccccc1-n1c(C(C)N2CCN(C(=O)c3ccccc3C)CC2)nc2ccccc2c1=O. The van der Waals surface area contributed by atoms with Gasteiger partial charge in [0, 0.05) is 31.7 Å². The van der Waals surface area contributed by atoms with Crippen LogP contribution in [0.2, 0.25) is 0 Å². The molecule has 190 valence electrons. The lowest BCUT2D eigenvalue weighted by atomic mass is 10.1. The lowest BCUT2D eigenvalue weighted by molar-refractivity contribution is 0.0572. The summed E-state index contributed by atoms with van der Waals surface area (Å²) in [5.74, 6) is 1.37. The van der Waals surface area contributed by atoms with Crippen molar-refractivity contribution in [2.75, 3.05) is 32.8 Å². The van der Waals surface area contributed by atoms with Crippen molar-refractivity contribution in [3.63, 3.8) is 0 Å². The molecule has 1 aliphatic heterocycles. The summed E-state index contributed by atoms with van der Waals surface area (Å²) in [6.07, 6.45) is 0. The van der Waals surface area contributed by atoms with Gasteiger partial charge in [-0.15, -0.1) is 0 Å². The number of piperazine rings is 1. The second-order valence-corrected chi connectivity index (χ2v) is 9.35. The molecule has 1 aromatic heterocycles. The maximum Gasteiger partial charge on any atom is 0.266 e. The van der Waals surface area contributed by atoms with Crippen LogP contribution >= 0.6 is 0 Å². The monoisotopic (exact) mass is 496 g/mol. The number of aromatic nitrogens is 2. The first-order chi connectivity index (χ1) is 18.0. The van der Waals surface area contributed by atoms with E-state index in [9.17, 15) is 9.59 Å². The summed E-state index contributed by atoms with van der Waals surface area (Å²) in [6.45, 7) is 9.08. The normalized spacial score (nSPS) is 15.1. The molecule has 1 aliphatic rings. The highest BCUT2D eigenvalue weighted by atomic mass is 16.5. The molecule has 1 atom stereocenters. The molecule has 2 heterocycles. The van der Waals surface area contributed by atoms with Crippen LogP contribution in [0.15, 0.2) is 77.6 Å². The first-order valence-corrected chi connectivity index (χ1v) is 12.8. The summed E-state index contributed by atoms with van der Waals surface area (Å²) >= 11 is 0. The Balaban J connectivity index is 1.48. The smallest absolute Gasteiger partial charge is 0.266 e. The van der Waals surface area contributed by atoms with Crippen molar-refractivity contribution in [2.24, 2.45) is 0 Å². The Bertz CT molecular complexity index is 1490. The molecule has 1 amide bonds. The van der Waals surface area contributed by atoms with E-state index in [1.54, 1.807) is 4.57 Å². The fourth-order valence-corrected chi connectivity index (χ4v) is 5.04. The number of hydrogen-bond acceptors (Lipinski definition) is 5. The minimum Gasteiger partial charge on any atom is -0.492 e. The van der Waals surface area contributed by atoms with E-state index in [1.165, 1.54) is 0 Å². The van der Waals surface area contributed by atoms with Crippen LogP contribution in [0.5, 0.6) is 5.75 Å². The quantitative estimate of drug-likeness (QED) is 0.390. The zero-order valence-electron chi connectivity index (χ0n) is 21.6. The van der Waals surface area contributed by atoms with E-state index in [0.717, 1.165) is 11.1 Å². The number of para-hydroxylation sites is 3. The molecule has 7 heteroatoms. The predicted octanol–water partition coefficient (Wildman–Crippen LogP) is 4.61. The number of rotatable bonds is 6. The molecule has 37 heavy (non-hydrogen) atoms. The summed E-state index contributed by atoms with van der Waals surface area (Å²) in [4.78, 5) is 36.1. The lowest BCUT2D eigenvalue weighted by Gasteiger charge is -2.38. The van der Waals surface area contributed by atoms with Crippen LogP contribution < -0.4 is 10.3 Å². The van der Waals surface area contributed by atoms with Gasteiger partial charge in [0.1, 0.15) is 11.6 Å². The minimum atomic E-state index is -0.150. The molecular weight excluding hydrogens is 464 g/mol. The number of carbonyl (C=O) groups is 1. The zero-order chi connectivity index (χ0) is 25.9. The van der Waals surface area contributed by atoms with Crippen LogP contribution in [0.4, 0.5) is 0 Å². The van der Waals surface area contributed by atoms with Gasteiger partial charge in [-0.2, -0.15) is 0 Å². The Morgan fingerprint density at radius 3 is 2.38 bits per heavy atom. The third-order valence-corrected chi connectivity index (χ3v) is 7.11. The maximum absolute atomic E-state index is 13.8. The van der Waals surface area contributed by atoms with E-state index in [1.807, 2.05) is 91.5 Å². The molecule has 7 nitrogen and oxygen atoms in total. The molecule has 1 unspecified atom stereocenters. The molecule has 4 aromatic rings. The Hall–Kier alpha value is -3.97. The highest BCUT2D eigenvalue weighted by Crippen LogP contribution is 2.28. The number of hydrogen-bond donors (Lipinski definition) is 0. The number of ether oxygens (including phenoxy) is 1. The van der Waals surface area contributed by atoms with Gasteiger partial charge >= 0.3 is 0 Å². The lowest BCUT2D eigenvalue weighted by Crippen LogP contribution is -2.50. The van der Waals surface area contributed by atoms with Gasteiger partial charge in [-0.1, -0.05) is 42.5 Å². The standard InChI is InChI=1S/C30H32N4O3/c1-4-37-27-16-10-9-15-26(27)34-28(31-25-14-8-7-13-24(25)30(34)36)22(3)32-17-19-33(20-18-32)29(35)23-12-6-5-11-21(23)2/h5-16,22H,4,17-20H2,1-3H3. The van der Waals surface area contributed by atoms with Gasteiger partial charge in [0.15, 0.2) is 0 Å². The van der Waals surface area contributed by atoms with E-state index in [2.05, 4.69) is 11.8 Å². The van der Waals surface area contributed by atoms with Gasteiger partial charge in [-0.3, -0.25) is 19.1 Å². The van der Waals surface area contributed by atoms with E-state index in [-0.39, 0.29) is 17.5 Å². The second kappa shape index (κ2) is 10.6. The number of nitrogens with zero attached hydrogens (tertiary/aromatic N) is 4. The molecule has 0 saturated carbocycles. The largest absolute Gasteiger partial charge is 0.492 e. The highest BCUT2D eigenvalue weighted by Gasteiger charge is 2.29. The second-order valence-electron chi connectivity index (χ2n) is 9.35. The summed E-state index contributed by atoms with van der Waals surface area (Å²) in [5, 5.41) is 0.568. The summed E-state index contributed by atoms with van der Waals surface area (Å²) in [7, 11) is 0. The molecule has 5 rings (SSSR count). The van der Waals surface area contributed by atoms with Gasteiger partial charge < -0.3 is 9.64 Å². The first-order valence-electron chi connectivity index (χ1n) is 12.8. The Morgan fingerprint density at radius 2 is 1.62 bits per heavy atom. The fourth-order valence-electron chi connectivity index (χ4n) is 5.04. The number of aryl methyl sites for hydroxylation is 1. The topological polar surface area (TPSA) is 67.7 Å². The zero-order valence-corrected chi connectivity index (χ0v) is 21.6. The molecular formula is C30H32N4O3. The van der Waals surface area contributed by atoms with Crippen molar-refractivity contribution in [1.29, 1.82) is 0 Å². The summed E-state index contributed by atoms with van der Waals surface area (Å²) < 4.78 is 7.58. The average molecular weight is 497 g/mol. The number of carbonyl (C=O) groups excluding carboxylic acids is 1. The molecule has 1 fully saturated rings. The molecule has 0 bridgehead atoms. The van der Waals surface area contributed by atoms with Gasteiger partial charge in [-0.05, 0) is 56.7 Å². The summed E-state index contributed by atoms with van der Waals surface area (Å²) in [5.41, 5.74) is 2.98. The first kappa shape index (κ1) is 24.7. The molecule has 0 N–H and O–H groups in total. The third kappa shape index (κ3) is 4.74. The van der Waals surface area contributed by atoms with Crippen LogP contribution in [0.3, 0.4) is 0 Å². The van der Waals surface area contributed by atoms with Crippen molar-refractivity contribution in [1.82, 2.24) is 19.4 Å². The molecule has 0 radical (unpaired) electrons. The van der Waals surface area contributed by atoms with E-state index in [4.69, 9.17) is 9.72 Å². The number of benzene rings is 3. The third-order valence-electron chi connectivity index (χ3n) is 7.11. The molecule has 1 saturated heterocycles. The van der Waals surface area contributed by atoms with Crippen LogP contribution in [0, 0.1) is 6.92 Å². The van der Waals surface area contributed by atoms with E-state index >= 15 is 0 Å². The fraction of sp³-hybridized carbons (Fsp3) is 0.300. The number of amides is 1. The van der Waals surface area contributed by atoms with E-state index < -0.39 is 0 Å². The van der Waals surface area contributed by atoms with Crippen molar-refractivity contribution in [3.05, 3.63) is 100 Å². The average Bonchev–Trinajstić information content (AvgIpc) is 2.93. The molecule has 3 aromatic carbocycles. The Kier molecular flexibility index (Phi) is 7.06. The Morgan fingerprint density at radius 1 is 0.946 bits per heavy atom. The number of fused-ring (bicyclic) bond motifs is 1. The van der Waals surface area contributed by atoms with Crippen molar-refractivity contribution in [2.45, 2.75) is 26.8 Å². The van der Waals surface area contributed by atoms with Gasteiger partial charge in [0.25, 0.3) is 11.5 Å². The van der Waals surface area contributed by atoms with E-state index in [0.29, 0.717) is 61.0 Å². The van der Waals surface area contributed by atoms with Crippen LogP contribution in [0.1, 0.15) is 41.6 Å². The predicted molar refractivity (Wildman–Crippen MR) is 146 cm³/mol. The van der Waals surface area contributed by atoms with Gasteiger partial charge in [0.2, 0.25) is 0 Å². The van der Waals surface area contributed by atoms with Crippen LogP contribution in [-0.2, 0) is 0 Å². The van der Waals surface area contributed by atoms with Crippen molar-refractivity contribution >= 4 is 16.8 Å². The highest BCUT2D eigenvalue weighted by molar-refractivity contribution is 5.95. The maximum atomic E-state index is 13.8. The minimum absolute atomic E-state index is 0.0665. The van der Waals surface area contributed by atoms with Crippen molar-refractivity contribution in [3.8, 4) is 11.4 Å². The Labute approximate surface area is 216 Å². The van der Waals surface area contributed by atoms with Gasteiger partial charge in [0.05, 0.1) is 29.2 Å². The molecule has 0 spiro atoms. The van der Waals surface area contributed by atoms with Crippen LogP contribution in [0.25, 0.3) is 16.6 Å².